The van der Waals surface area contributed by atoms with Crippen LogP contribution in [0.3, 0.4) is 0 Å². The number of anilines is 1. The molecule has 0 saturated heterocycles. The van der Waals surface area contributed by atoms with Crippen LogP contribution in [0.15, 0.2) is 91.0 Å². The van der Waals surface area contributed by atoms with Gasteiger partial charge < -0.3 is 20.1 Å². The van der Waals surface area contributed by atoms with Crippen LogP contribution in [0.5, 0.6) is 5.75 Å². The number of carbonyl (C=O) groups excluding carboxylic acids is 1. The second kappa shape index (κ2) is 16.5. The normalized spacial score (nSPS) is 11.6. The van der Waals surface area contributed by atoms with Gasteiger partial charge in [0.1, 0.15) is 11.8 Å². The monoisotopic (exact) mass is 606 g/mol. The fourth-order valence-corrected chi connectivity index (χ4v) is 5.57. The van der Waals surface area contributed by atoms with Gasteiger partial charge in [-0.1, -0.05) is 93.4 Å². The number of carbonyl (C=O) groups is 2. The van der Waals surface area contributed by atoms with Crippen LogP contribution < -0.4 is 15.0 Å². The molecule has 0 heterocycles. The highest BCUT2D eigenvalue weighted by molar-refractivity contribution is 5.98. The van der Waals surface area contributed by atoms with Crippen molar-refractivity contribution in [3.05, 3.63) is 130 Å². The molecule has 4 aromatic rings. The number of aryl methyl sites for hydroxylation is 2. The van der Waals surface area contributed by atoms with Crippen LogP contribution in [0.25, 0.3) is 0 Å². The van der Waals surface area contributed by atoms with E-state index in [2.05, 4.69) is 72.6 Å². The van der Waals surface area contributed by atoms with Crippen molar-refractivity contribution in [1.29, 1.82) is 0 Å². The SMILES string of the molecule is CCCc1ccc(CN(Cc2ccc(CCC)cc2)c2ccc(C(=O)NC(CCOc3ccccc3)C(=O)O)c(C)c2C)cc1. The maximum absolute atomic E-state index is 13.4. The van der Waals surface area contributed by atoms with E-state index in [0.29, 0.717) is 11.3 Å². The summed E-state index contributed by atoms with van der Waals surface area (Å²) >= 11 is 0. The van der Waals surface area contributed by atoms with Crippen molar-refractivity contribution in [2.75, 3.05) is 11.5 Å². The molecular formula is C39H46N2O4. The Morgan fingerprint density at radius 2 is 1.27 bits per heavy atom. The molecule has 0 fully saturated rings. The highest BCUT2D eigenvalue weighted by Crippen LogP contribution is 2.29. The second-order valence-electron chi connectivity index (χ2n) is 11.7. The summed E-state index contributed by atoms with van der Waals surface area (Å²) in [7, 11) is 0. The Hall–Kier alpha value is -4.58. The third-order valence-corrected chi connectivity index (χ3v) is 8.24. The molecule has 0 spiro atoms. The van der Waals surface area contributed by atoms with Gasteiger partial charge in [0.15, 0.2) is 0 Å². The highest BCUT2D eigenvalue weighted by atomic mass is 16.5. The number of ether oxygens (including phenoxy) is 1. The molecule has 1 unspecified atom stereocenters. The molecule has 0 aromatic heterocycles. The number of benzene rings is 4. The number of aliphatic carboxylic acids is 1. The van der Waals surface area contributed by atoms with Gasteiger partial charge in [0.25, 0.3) is 5.91 Å². The van der Waals surface area contributed by atoms with E-state index in [-0.39, 0.29) is 13.0 Å². The molecule has 236 valence electrons. The summed E-state index contributed by atoms with van der Waals surface area (Å²) in [5, 5.41) is 12.5. The Morgan fingerprint density at radius 3 is 1.78 bits per heavy atom. The standard InChI is InChI=1S/C39H46N2O4/c1-5-10-30-14-18-32(19-15-30)26-41(27-33-20-16-31(11-6-2)17-21-33)37-23-22-35(28(3)29(37)4)38(42)40-36(39(43)44)24-25-45-34-12-8-7-9-13-34/h7-9,12-23,36H,5-6,10-11,24-27H2,1-4H3,(H,40,42)(H,43,44). The second-order valence-corrected chi connectivity index (χ2v) is 11.7. The first kappa shape index (κ1) is 33.3. The van der Waals surface area contributed by atoms with Crippen molar-refractivity contribution < 1.29 is 19.4 Å². The van der Waals surface area contributed by atoms with Gasteiger partial charge >= 0.3 is 5.97 Å². The summed E-state index contributed by atoms with van der Waals surface area (Å²) < 4.78 is 5.67. The fourth-order valence-electron chi connectivity index (χ4n) is 5.57. The Bertz CT molecular complexity index is 1480. The maximum atomic E-state index is 13.4. The van der Waals surface area contributed by atoms with E-state index in [1.807, 2.05) is 56.3 Å². The molecule has 2 N–H and O–H groups in total. The number of carboxylic acid groups (broad SMARTS) is 1. The highest BCUT2D eigenvalue weighted by Gasteiger charge is 2.23. The zero-order valence-electron chi connectivity index (χ0n) is 27.0. The number of hydrogen-bond donors (Lipinski definition) is 2. The first-order valence-electron chi connectivity index (χ1n) is 16.0. The van der Waals surface area contributed by atoms with Gasteiger partial charge in [0.05, 0.1) is 6.61 Å². The lowest BCUT2D eigenvalue weighted by molar-refractivity contribution is -0.139. The van der Waals surface area contributed by atoms with Crippen molar-refractivity contribution >= 4 is 17.6 Å². The smallest absolute Gasteiger partial charge is 0.326 e. The molecule has 0 radical (unpaired) electrons. The largest absolute Gasteiger partial charge is 0.494 e. The van der Waals surface area contributed by atoms with Crippen molar-refractivity contribution in [2.24, 2.45) is 0 Å². The van der Waals surface area contributed by atoms with E-state index < -0.39 is 17.9 Å². The number of carboxylic acids is 1. The van der Waals surface area contributed by atoms with Gasteiger partial charge in [0, 0.05) is 30.8 Å². The van der Waals surface area contributed by atoms with Gasteiger partial charge in [-0.15, -0.1) is 0 Å². The minimum absolute atomic E-state index is 0.147. The maximum Gasteiger partial charge on any atom is 0.326 e. The minimum Gasteiger partial charge on any atom is -0.494 e. The molecule has 4 aromatic carbocycles. The van der Waals surface area contributed by atoms with E-state index in [9.17, 15) is 14.7 Å². The molecule has 0 bridgehead atoms. The minimum atomic E-state index is -1.09. The molecule has 0 aliphatic rings. The molecule has 6 nitrogen and oxygen atoms in total. The van der Waals surface area contributed by atoms with Crippen LogP contribution in [0.2, 0.25) is 0 Å². The van der Waals surface area contributed by atoms with Gasteiger partial charge in [-0.3, -0.25) is 4.79 Å². The number of nitrogens with zero attached hydrogens (tertiary/aromatic N) is 1. The summed E-state index contributed by atoms with van der Waals surface area (Å²) in [6.07, 6.45) is 4.52. The molecule has 0 aliphatic carbocycles. The van der Waals surface area contributed by atoms with Gasteiger partial charge in [-0.2, -0.15) is 0 Å². The van der Waals surface area contributed by atoms with E-state index >= 15 is 0 Å². The zero-order valence-corrected chi connectivity index (χ0v) is 27.0. The molecule has 0 saturated carbocycles. The summed E-state index contributed by atoms with van der Waals surface area (Å²) in [6, 6.07) is 29.6. The van der Waals surface area contributed by atoms with Crippen LogP contribution in [-0.2, 0) is 30.7 Å². The number of hydrogen-bond acceptors (Lipinski definition) is 4. The van der Waals surface area contributed by atoms with E-state index in [0.717, 1.165) is 55.6 Å². The Kier molecular flexibility index (Phi) is 12.2. The van der Waals surface area contributed by atoms with Gasteiger partial charge in [-0.05, 0) is 84.3 Å². The van der Waals surface area contributed by atoms with Gasteiger partial charge in [-0.25, -0.2) is 4.79 Å². The first-order chi connectivity index (χ1) is 21.8. The van der Waals surface area contributed by atoms with E-state index in [4.69, 9.17) is 4.74 Å². The Labute approximate surface area is 268 Å². The summed E-state index contributed by atoms with van der Waals surface area (Å²) in [5.74, 6) is -0.834. The molecule has 1 atom stereocenters. The number of amides is 1. The summed E-state index contributed by atoms with van der Waals surface area (Å²) in [5.41, 5.74) is 8.46. The van der Waals surface area contributed by atoms with Crippen LogP contribution >= 0.6 is 0 Å². The van der Waals surface area contributed by atoms with Crippen LogP contribution in [0, 0.1) is 13.8 Å². The average molecular weight is 607 g/mol. The molecule has 0 aliphatic heterocycles. The van der Waals surface area contributed by atoms with Crippen molar-refractivity contribution in [3.63, 3.8) is 0 Å². The lowest BCUT2D eigenvalue weighted by Crippen LogP contribution is -2.42. The first-order valence-corrected chi connectivity index (χ1v) is 16.0. The molecule has 6 heteroatoms. The summed E-state index contributed by atoms with van der Waals surface area (Å²) in [4.78, 5) is 27.7. The predicted molar refractivity (Wildman–Crippen MR) is 182 cm³/mol. The van der Waals surface area contributed by atoms with Crippen LogP contribution in [0.4, 0.5) is 5.69 Å². The van der Waals surface area contributed by atoms with Crippen molar-refractivity contribution in [1.82, 2.24) is 5.32 Å². The third-order valence-electron chi connectivity index (χ3n) is 8.24. The Morgan fingerprint density at radius 1 is 0.733 bits per heavy atom. The quantitative estimate of drug-likeness (QED) is 0.135. The fraction of sp³-hybridized carbons (Fsp3) is 0.333. The van der Waals surface area contributed by atoms with Crippen LogP contribution in [0.1, 0.15) is 76.8 Å². The summed E-state index contributed by atoms with van der Waals surface area (Å²) in [6.45, 7) is 9.96. The lowest BCUT2D eigenvalue weighted by atomic mass is 9.98. The Balaban J connectivity index is 1.54. The van der Waals surface area contributed by atoms with Crippen molar-refractivity contribution in [3.8, 4) is 5.75 Å². The average Bonchev–Trinajstić information content (AvgIpc) is 3.04. The lowest BCUT2D eigenvalue weighted by Gasteiger charge is -2.28. The van der Waals surface area contributed by atoms with Gasteiger partial charge in [0.2, 0.25) is 0 Å². The number of para-hydroxylation sites is 1. The third kappa shape index (κ3) is 9.45. The van der Waals surface area contributed by atoms with Crippen LogP contribution in [-0.4, -0.2) is 29.6 Å². The molecular weight excluding hydrogens is 560 g/mol. The molecule has 45 heavy (non-hydrogen) atoms. The number of rotatable bonds is 16. The topological polar surface area (TPSA) is 78.9 Å². The zero-order chi connectivity index (χ0) is 32.2. The van der Waals surface area contributed by atoms with E-state index in [1.54, 1.807) is 0 Å². The van der Waals surface area contributed by atoms with Crippen molar-refractivity contribution in [2.45, 2.75) is 78.9 Å². The van der Waals surface area contributed by atoms with E-state index in [1.165, 1.54) is 22.3 Å². The molecule has 4 rings (SSSR count). The number of nitrogens with one attached hydrogen (secondary N) is 1. The molecule has 1 amide bonds. The predicted octanol–water partition coefficient (Wildman–Crippen LogP) is 8.07.